The highest BCUT2D eigenvalue weighted by Gasteiger charge is 2.07. The SMILES string of the molecule is CCN(CC)c1ccc(NC(=O)Nc2ccc(Cl)cc2Cl)cc1. The summed E-state index contributed by atoms with van der Waals surface area (Å²) in [6, 6.07) is 12.3. The Kier molecular flexibility index (Phi) is 6.13. The number of nitrogens with zero attached hydrogens (tertiary/aromatic N) is 1. The van der Waals surface area contributed by atoms with E-state index in [9.17, 15) is 4.79 Å². The zero-order chi connectivity index (χ0) is 16.8. The van der Waals surface area contributed by atoms with Crippen LogP contribution in [-0.4, -0.2) is 19.1 Å². The van der Waals surface area contributed by atoms with E-state index in [-0.39, 0.29) is 6.03 Å². The summed E-state index contributed by atoms with van der Waals surface area (Å²) in [5, 5.41) is 6.38. The van der Waals surface area contributed by atoms with Gasteiger partial charge < -0.3 is 15.5 Å². The van der Waals surface area contributed by atoms with Crippen molar-refractivity contribution in [2.24, 2.45) is 0 Å². The van der Waals surface area contributed by atoms with Gasteiger partial charge in [0.25, 0.3) is 0 Å². The summed E-state index contributed by atoms with van der Waals surface area (Å²) in [5.41, 5.74) is 2.35. The third kappa shape index (κ3) is 4.78. The number of carbonyl (C=O) groups is 1. The smallest absolute Gasteiger partial charge is 0.323 e. The minimum atomic E-state index is -0.357. The standard InChI is InChI=1S/C17H19Cl2N3O/c1-3-22(4-2)14-8-6-13(7-9-14)20-17(23)21-16-10-5-12(18)11-15(16)19/h5-11H,3-4H2,1-2H3,(H2,20,21,23). The number of anilines is 3. The Bertz CT molecular complexity index is 670. The summed E-state index contributed by atoms with van der Waals surface area (Å²) in [7, 11) is 0. The molecule has 0 unspecified atom stereocenters. The van der Waals surface area contributed by atoms with Crippen LogP contribution in [0.5, 0.6) is 0 Å². The first-order valence-electron chi connectivity index (χ1n) is 7.41. The first kappa shape index (κ1) is 17.4. The van der Waals surface area contributed by atoms with Gasteiger partial charge >= 0.3 is 6.03 Å². The monoisotopic (exact) mass is 351 g/mol. The first-order chi connectivity index (χ1) is 11.0. The molecule has 2 aromatic carbocycles. The lowest BCUT2D eigenvalue weighted by Crippen LogP contribution is -2.22. The molecule has 0 aliphatic rings. The lowest BCUT2D eigenvalue weighted by Gasteiger charge is -2.21. The van der Waals surface area contributed by atoms with Crippen LogP contribution >= 0.6 is 23.2 Å². The third-order valence-corrected chi connectivity index (χ3v) is 3.98. The molecule has 0 radical (unpaired) electrons. The fourth-order valence-corrected chi connectivity index (χ4v) is 2.68. The van der Waals surface area contributed by atoms with E-state index in [1.807, 2.05) is 24.3 Å². The predicted molar refractivity (Wildman–Crippen MR) is 99.1 cm³/mol. The van der Waals surface area contributed by atoms with Gasteiger partial charge in [0.2, 0.25) is 0 Å². The van der Waals surface area contributed by atoms with Gasteiger partial charge in [-0.15, -0.1) is 0 Å². The third-order valence-electron chi connectivity index (χ3n) is 3.43. The molecule has 0 fully saturated rings. The fourth-order valence-electron chi connectivity index (χ4n) is 2.22. The van der Waals surface area contributed by atoms with Crippen molar-refractivity contribution in [2.45, 2.75) is 13.8 Å². The van der Waals surface area contributed by atoms with E-state index in [0.717, 1.165) is 18.8 Å². The molecule has 0 aromatic heterocycles. The van der Waals surface area contributed by atoms with Gasteiger partial charge in [-0.2, -0.15) is 0 Å². The van der Waals surface area contributed by atoms with Crippen molar-refractivity contribution in [2.75, 3.05) is 28.6 Å². The average molecular weight is 352 g/mol. The molecule has 2 amide bonds. The van der Waals surface area contributed by atoms with Crippen molar-refractivity contribution in [3.63, 3.8) is 0 Å². The molecule has 0 spiro atoms. The molecular weight excluding hydrogens is 333 g/mol. The molecule has 2 rings (SSSR count). The maximum absolute atomic E-state index is 12.0. The summed E-state index contributed by atoms with van der Waals surface area (Å²) < 4.78 is 0. The number of halogens is 2. The van der Waals surface area contributed by atoms with Crippen LogP contribution in [0, 0.1) is 0 Å². The van der Waals surface area contributed by atoms with Gasteiger partial charge in [0.15, 0.2) is 0 Å². The van der Waals surface area contributed by atoms with Gasteiger partial charge in [-0.3, -0.25) is 0 Å². The fraction of sp³-hybridized carbons (Fsp3) is 0.235. The molecule has 0 atom stereocenters. The lowest BCUT2D eigenvalue weighted by molar-refractivity contribution is 0.262. The number of nitrogens with one attached hydrogen (secondary N) is 2. The van der Waals surface area contributed by atoms with Gasteiger partial charge in [0, 0.05) is 29.5 Å². The minimum absolute atomic E-state index is 0.357. The molecule has 6 heteroatoms. The number of amides is 2. The van der Waals surface area contributed by atoms with Crippen molar-refractivity contribution < 1.29 is 4.79 Å². The number of hydrogen-bond acceptors (Lipinski definition) is 2. The average Bonchev–Trinajstić information content (AvgIpc) is 2.53. The Hall–Kier alpha value is -1.91. The van der Waals surface area contributed by atoms with E-state index >= 15 is 0 Å². The van der Waals surface area contributed by atoms with Crippen LogP contribution in [0.2, 0.25) is 10.0 Å². The Balaban J connectivity index is 2.00. The molecule has 0 bridgehead atoms. The van der Waals surface area contributed by atoms with E-state index in [0.29, 0.717) is 21.4 Å². The maximum atomic E-state index is 12.0. The van der Waals surface area contributed by atoms with Gasteiger partial charge in [0.1, 0.15) is 0 Å². The van der Waals surface area contributed by atoms with Crippen LogP contribution in [0.15, 0.2) is 42.5 Å². The summed E-state index contributed by atoms with van der Waals surface area (Å²) in [5.74, 6) is 0. The molecule has 0 saturated carbocycles. The zero-order valence-corrected chi connectivity index (χ0v) is 14.6. The van der Waals surface area contributed by atoms with E-state index in [2.05, 4.69) is 29.4 Å². The minimum Gasteiger partial charge on any atom is -0.372 e. The summed E-state index contributed by atoms with van der Waals surface area (Å²) in [6.45, 7) is 6.11. The van der Waals surface area contributed by atoms with Crippen molar-refractivity contribution in [3.05, 3.63) is 52.5 Å². The summed E-state index contributed by atoms with van der Waals surface area (Å²) in [6.07, 6.45) is 0. The van der Waals surface area contributed by atoms with E-state index in [1.54, 1.807) is 18.2 Å². The van der Waals surface area contributed by atoms with Crippen LogP contribution in [0.25, 0.3) is 0 Å². The number of hydrogen-bond donors (Lipinski definition) is 2. The highest BCUT2D eigenvalue weighted by molar-refractivity contribution is 6.36. The zero-order valence-electron chi connectivity index (χ0n) is 13.1. The van der Waals surface area contributed by atoms with Crippen molar-refractivity contribution >= 4 is 46.3 Å². The van der Waals surface area contributed by atoms with Crippen LogP contribution in [0.3, 0.4) is 0 Å². The van der Waals surface area contributed by atoms with Crippen LogP contribution in [-0.2, 0) is 0 Å². The molecule has 0 saturated heterocycles. The second kappa shape index (κ2) is 8.09. The normalized spacial score (nSPS) is 10.3. The highest BCUT2D eigenvalue weighted by Crippen LogP contribution is 2.25. The largest absolute Gasteiger partial charge is 0.372 e. The topological polar surface area (TPSA) is 44.4 Å². The van der Waals surface area contributed by atoms with Crippen molar-refractivity contribution in [3.8, 4) is 0 Å². The predicted octanol–water partition coefficient (Wildman–Crippen LogP) is 5.48. The maximum Gasteiger partial charge on any atom is 0.323 e. The second-order valence-electron chi connectivity index (χ2n) is 4.92. The van der Waals surface area contributed by atoms with Gasteiger partial charge in [-0.05, 0) is 56.3 Å². The molecular formula is C17H19Cl2N3O. The Labute approximate surface area is 146 Å². The van der Waals surface area contributed by atoms with Crippen molar-refractivity contribution in [1.29, 1.82) is 0 Å². The molecule has 4 nitrogen and oxygen atoms in total. The molecule has 0 aliphatic carbocycles. The number of carbonyl (C=O) groups excluding carboxylic acids is 1. The Morgan fingerprint density at radius 1 is 1.00 bits per heavy atom. The first-order valence-corrected chi connectivity index (χ1v) is 8.17. The molecule has 2 aromatic rings. The summed E-state index contributed by atoms with van der Waals surface area (Å²) in [4.78, 5) is 14.3. The van der Waals surface area contributed by atoms with Crippen LogP contribution < -0.4 is 15.5 Å². The number of rotatable bonds is 5. The Morgan fingerprint density at radius 3 is 2.22 bits per heavy atom. The van der Waals surface area contributed by atoms with Gasteiger partial charge in [-0.25, -0.2) is 4.79 Å². The Morgan fingerprint density at radius 2 is 1.65 bits per heavy atom. The number of benzene rings is 2. The van der Waals surface area contributed by atoms with E-state index in [1.165, 1.54) is 0 Å². The molecule has 0 heterocycles. The number of urea groups is 1. The van der Waals surface area contributed by atoms with Gasteiger partial charge in [-0.1, -0.05) is 23.2 Å². The lowest BCUT2D eigenvalue weighted by atomic mass is 10.2. The van der Waals surface area contributed by atoms with Crippen LogP contribution in [0.1, 0.15) is 13.8 Å². The highest BCUT2D eigenvalue weighted by atomic mass is 35.5. The summed E-state index contributed by atoms with van der Waals surface area (Å²) >= 11 is 11.9. The van der Waals surface area contributed by atoms with Crippen molar-refractivity contribution in [1.82, 2.24) is 0 Å². The molecule has 2 N–H and O–H groups in total. The molecule has 23 heavy (non-hydrogen) atoms. The molecule has 122 valence electrons. The van der Waals surface area contributed by atoms with E-state index < -0.39 is 0 Å². The quantitative estimate of drug-likeness (QED) is 0.748. The van der Waals surface area contributed by atoms with Crippen LogP contribution in [0.4, 0.5) is 21.9 Å². The van der Waals surface area contributed by atoms with E-state index in [4.69, 9.17) is 23.2 Å². The second-order valence-corrected chi connectivity index (χ2v) is 5.77. The van der Waals surface area contributed by atoms with Gasteiger partial charge in [0.05, 0.1) is 10.7 Å². The molecule has 0 aliphatic heterocycles.